The van der Waals surface area contributed by atoms with Crippen molar-refractivity contribution in [3.05, 3.63) is 39.9 Å². The summed E-state index contributed by atoms with van der Waals surface area (Å²) < 4.78 is 5.64. The Hall–Kier alpha value is -1.43. The number of aliphatic imine (C=N–C) groups is 1. The van der Waals surface area contributed by atoms with Gasteiger partial charge in [-0.15, -0.1) is 0 Å². The molecule has 1 aromatic rings. The largest absolute Gasteiger partial charge is 0.471 e. The summed E-state index contributed by atoms with van der Waals surface area (Å²) >= 11 is 3.44. The number of rotatable bonds is 3. The minimum atomic E-state index is -0.426. The SMILES string of the molecule is CC(Br)C1CN=C(c2ccc([N+](=O)[O-])cc2)O1. The smallest absolute Gasteiger partial charge is 0.269 e. The van der Waals surface area contributed by atoms with Gasteiger partial charge in [0.05, 0.1) is 16.3 Å². The Morgan fingerprint density at radius 2 is 2.18 bits per heavy atom. The number of alkyl halides is 1. The number of halogens is 1. The Bertz CT molecular complexity index is 456. The van der Waals surface area contributed by atoms with Gasteiger partial charge in [-0.25, -0.2) is 4.99 Å². The van der Waals surface area contributed by atoms with Crippen molar-refractivity contribution in [2.45, 2.75) is 17.9 Å². The summed E-state index contributed by atoms with van der Waals surface area (Å²) in [5.41, 5.74) is 0.837. The molecule has 0 aliphatic carbocycles. The fourth-order valence-corrected chi connectivity index (χ4v) is 1.79. The van der Waals surface area contributed by atoms with Crippen LogP contribution >= 0.6 is 15.9 Å². The summed E-state index contributed by atoms with van der Waals surface area (Å²) in [6.45, 7) is 2.61. The van der Waals surface area contributed by atoms with Crippen molar-refractivity contribution in [3.63, 3.8) is 0 Å². The first-order chi connectivity index (χ1) is 8.08. The highest BCUT2D eigenvalue weighted by molar-refractivity contribution is 9.09. The van der Waals surface area contributed by atoms with E-state index >= 15 is 0 Å². The van der Waals surface area contributed by atoms with Crippen molar-refractivity contribution >= 4 is 27.5 Å². The van der Waals surface area contributed by atoms with Gasteiger partial charge in [0.25, 0.3) is 5.69 Å². The summed E-state index contributed by atoms with van der Waals surface area (Å²) in [7, 11) is 0. The number of non-ortho nitro benzene ring substituents is 1. The van der Waals surface area contributed by atoms with Gasteiger partial charge in [0.2, 0.25) is 5.90 Å². The number of hydrogen-bond donors (Lipinski definition) is 0. The van der Waals surface area contributed by atoms with Gasteiger partial charge in [-0.05, 0) is 19.1 Å². The number of nitrogens with zero attached hydrogens (tertiary/aromatic N) is 2. The third-order valence-corrected chi connectivity index (χ3v) is 3.10. The van der Waals surface area contributed by atoms with E-state index in [2.05, 4.69) is 20.9 Å². The molecule has 5 nitrogen and oxygen atoms in total. The molecule has 1 aromatic carbocycles. The molecule has 1 heterocycles. The van der Waals surface area contributed by atoms with E-state index in [1.165, 1.54) is 12.1 Å². The maximum atomic E-state index is 10.5. The number of nitro groups is 1. The molecular weight excluding hydrogens is 288 g/mol. The number of nitro benzene ring substituents is 1. The van der Waals surface area contributed by atoms with Gasteiger partial charge in [0.1, 0.15) is 6.10 Å². The lowest BCUT2D eigenvalue weighted by molar-refractivity contribution is -0.384. The first-order valence-corrected chi connectivity index (χ1v) is 6.09. The molecular formula is C11H11BrN2O3. The van der Waals surface area contributed by atoms with E-state index in [0.717, 1.165) is 5.56 Å². The maximum Gasteiger partial charge on any atom is 0.269 e. The first-order valence-electron chi connectivity index (χ1n) is 5.18. The first kappa shape index (κ1) is 12.0. The zero-order chi connectivity index (χ0) is 12.4. The Kier molecular flexibility index (Phi) is 3.42. The second kappa shape index (κ2) is 4.83. The van der Waals surface area contributed by atoms with Crippen LogP contribution in [-0.2, 0) is 4.74 Å². The second-order valence-corrected chi connectivity index (χ2v) is 5.23. The molecule has 0 amide bonds. The van der Waals surface area contributed by atoms with Gasteiger partial charge in [0.15, 0.2) is 0 Å². The molecule has 0 spiro atoms. The molecule has 1 aliphatic rings. The zero-order valence-corrected chi connectivity index (χ0v) is 10.8. The molecule has 0 saturated carbocycles. The van der Waals surface area contributed by atoms with E-state index in [0.29, 0.717) is 12.4 Å². The van der Waals surface area contributed by atoms with E-state index in [9.17, 15) is 10.1 Å². The predicted octanol–water partition coefficient (Wildman–Crippen LogP) is 2.52. The van der Waals surface area contributed by atoms with E-state index in [1.54, 1.807) is 12.1 Å². The average molecular weight is 299 g/mol. The van der Waals surface area contributed by atoms with Crippen molar-refractivity contribution in [3.8, 4) is 0 Å². The molecule has 0 saturated heterocycles. The summed E-state index contributed by atoms with van der Waals surface area (Å²) in [6.07, 6.45) is 0.0280. The van der Waals surface area contributed by atoms with Crippen LogP contribution in [0.2, 0.25) is 0 Å². The van der Waals surface area contributed by atoms with Crippen LogP contribution in [0.4, 0.5) is 5.69 Å². The summed E-state index contributed by atoms with van der Waals surface area (Å²) in [5, 5.41) is 10.5. The van der Waals surface area contributed by atoms with Gasteiger partial charge >= 0.3 is 0 Å². The Balaban J connectivity index is 2.12. The minimum Gasteiger partial charge on any atom is -0.471 e. The molecule has 2 rings (SSSR count). The van der Waals surface area contributed by atoms with Gasteiger partial charge in [-0.2, -0.15) is 0 Å². The van der Waals surface area contributed by atoms with Crippen molar-refractivity contribution in [1.82, 2.24) is 0 Å². The van der Waals surface area contributed by atoms with Crippen molar-refractivity contribution in [2.75, 3.05) is 6.54 Å². The van der Waals surface area contributed by atoms with Crippen LogP contribution in [0.15, 0.2) is 29.3 Å². The highest BCUT2D eigenvalue weighted by Crippen LogP contribution is 2.20. The van der Waals surface area contributed by atoms with Crippen LogP contribution in [0, 0.1) is 10.1 Å². The molecule has 0 bridgehead atoms. The van der Waals surface area contributed by atoms with E-state index in [-0.39, 0.29) is 16.6 Å². The zero-order valence-electron chi connectivity index (χ0n) is 9.17. The molecule has 2 unspecified atom stereocenters. The quantitative estimate of drug-likeness (QED) is 0.489. The lowest BCUT2D eigenvalue weighted by Gasteiger charge is -2.13. The van der Waals surface area contributed by atoms with Crippen LogP contribution < -0.4 is 0 Å². The van der Waals surface area contributed by atoms with E-state index < -0.39 is 4.92 Å². The van der Waals surface area contributed by atoms with Crippen LogP contribution in [-0.4, -0.2) is 28.3 Å². The average Bonchev–Trinajstić information content (AvgIpc) is 2.78. The highest BCUT2D eigenvalue weighted by atomic mass is 79.9. The van der Waals surface area contributed by atoms with Crippen molar-refractivity contribution in [1.29, 1.82) is 0 Å². The van der Waals surface area contributed by atoms with Gasteiger partial charge in [-0.3, -0.25) is 10.1 Å². The molecule has 90 valence electrons. The molecule has 0 aromatic heterocycles. The number of benzene rings is 1. The molecule has 0 radical (unpaired) electrons. The summed E-state index contributed by atoms with van der Waals surface area (Å²) in [6, 6.07) is 6.20. The van der Waals surface area contributed by atoms with Gasteiger partial charge in [-0.1, -0.05) is 15.9 Å². The Labute approximate surface area is 107 Å². The second-order valence-electron chi connectivity index (χ2n) is 3.78. The molecule has 17 heavy (non-hydrogen) atoms. The summed E-state index contributed by atoms with van der Waals surface area (Å²) in [4.78, 5) is 14.6. The van der Waals surface area contributed by atoms with Crippen molar-refractivity contribution in [2.24, 2.45) is 4.99 Å². The fraction of sp³-hybridized carbons (Fsp3) is 0.364. The third kappa shape index (κ3) is 2.63. The molecule has 6 heteroatoms. The normalized spacial score (nSPS) is 20.6. The molecule has 2 atom stereocenters. The van der Waals surface area contributed by atoms with Crippen LogP contribution in [0.3, 0.4) is 0 Å². The topological polar surface area (TPSA) is 64.7 Å². The number of ether oxygens (including phenoxy) is 1. The number of hydrogen-bond acceptors (Lipinski definition) is 4. The maximum absolute atomic E-state index is 10.5. The van der Waals surface area contributed by atoms with E-state index in [1.807, 2.05) is 6.92 Å². The molecule has 1 aliphatic heterocycles. The summed E-state index contributed by atoms with van der Waals surface area (Å²) in [5.74, 6) is 0.552. The standard InChI is InChI=1S/C11H11BrN2O3/c1-7(12)10-6-13-11(17-10)8-2-4-9(5-3-8)14(15)16/h2-5,7,10H,6H2,1H3. The van der Waals surface area contributed by atoms with Crippen LogP contribution in [0.1, 0.15) is 12.5 Å². The van der Waals surface area contributed by atoms with Crippen LogP contribution in [0.5, 0.6) is 0 Å². The lowest BCUT2D eigenvalue weighted by Crippen LogP contribution is -2.22. The van der Waals surface area contributed by atoms with Crippen LogP contribution in [0.25, 0.3) is 0 Å². The third-order valence-electron chi connectivity index (χ3n) is 2.52. The molecule has 0 N–H and O–H groups in total. The predicted molar refractivity (Wildman–Crippen MR) is 67.8 cm³/mol. The monoisotopic (exact) mass is 298 g/mol. The fourth-order valence-electron chi connectivity index (χ4n) is 1.51. The highest BCUT2D eigenvalue weighted by Gasteiger charge is 2.24. The van der Waals surface area contributed by atoms with Crippen molar-refractivity contribution < 1.29 is 9.66 Å². The minimum absolute atomic E-state index is 0.0280. The Morgan fingerprint density at radius 3 is 2.65 bits per heavy atom. The van der Waals surface area contributed by atoms with E-state index in [4.69, 9.17) is 4.74 Å². The van der Waals surface area contributed by atoms with Gasteiger partial charge < -0.3 is 4.74 Å². The molecule has 0 fully saturated rings. The Morgan fingerprint density at radius 1 is 1.53 bits per heavy atom. The van der Waals surface area contributed by atoms with Gasteiger partial charge in [0, 0.05) is 17.7 Å². The lowest BCUT2D eigenvalue weighted by atomic mass is 10.2.